The molecule has 4 aromatic rings. The summed E-state index contributed by atoms with van der Waals surface area (Å²) in [5.74, 6) is -0.807. The maximum Gasteiger partial charge on any atom is 0.321 e. The van der Waals surface area contributed by atoms with Crippen molar-refractivity contribution in [3.05, 3.63) is 93.3 Å². The molecule has 188 valence electrons. The van der Waals surface area contributed by atoms with Gasteiger partial charge in [0.05, 0.1) is 16.7 Å². The van der Waals surface area contributed by atoms with Gasteiger partial charge in [-0.05, 0) is 48.4 Å². The highest BCUT2D eigenvalue weighted by Crippen LogP contribution is 2.38. The Morgan fingerprint density at radius 3 is 2.67 bits per heavy atom. The Bertz CT molecular complexity index is 1360. The van der Waals surface area contributed by atoms with Gasteiger partial charge in [-0.15, -0.1) is 0 Å². The first kappa shape index (κ1) is 25.8. The van der Waals surface area contributed by atoms with Crippen LogP contribution < -0.4 is 14.8 Å². The fourth-order valence-electron chi connectivity index (χ4n) is 3.95. The molecule has 0 aliphatic carbocycles. The Kier molecular flexibility index (Phi) is 8.36. The van der Waals surface area contributed by atoms with Crippen molar-refractivity contribution >= 4 is 40.1 Å². The van der Waals surface area contributed by atoms with Crippen LogP contribution in [0, 0.1) is 5.82 Å². The van der Waals surface area contributed by atoms with Gasteiger partial charge in [-0.2, -0.15) is 0 Å². The van der Waals surface area contributed by atoms with Gasteiger partial charge >= 0.3 is 5.97 Å². The summed E-state index contributed by atoms with van der Waals surface area (Å²) in [5.41, 5.74) is 2.79. The van der Waals surface area contributed by atoms with Crippen molar-refractivity contribution in [2.24, 2.45) is 0 Å². The van der Waals surface area contributed by atoms with Crippen LogP contribution in [0.4, 0.5) is 4.39 Å². The summed E-state index contributed by atoms with van der Waals surface area (Å²) in [6.07, 6.45) is 2.14. The SMILES string of the molecule is CCOc1cc(CN[C@@H](Cc2c[nH]c3ccccc23)C(=O)O)cc(Cl)c1OCc1c(F)cccc1Cl. The fourth-order valence-corrected chi connectivity index (χ4v) is 4.45. The molecule has 0 unspecified atom stereocenters. The van der Waals surface area contributed by atoms with Crippen LogP contribution in [0.1, 0.15) is 23.6 Å². The molecule has 6 nitrogen and oxygen atoms in total. The molecule has 0 aliphatic heterocycles. The number of hydrogen-bond donors (Lipinski definition) is 3. The number of aliphatic carboxylic acids is 1. The van der Waals surface area contributed by atoms with Crippen LogP contribution in [-0.4, -0.2) is 28.7 Å². The minimum atomic E-state index is -0.960. The van der Waals surface area contributed by atoms with Crippen molar-refractivity contribution in [2.75, 3.05) is 6.61 Å². The molecular formula is C27H25Cl2FN2O4. The number of H-pyrrole nitrogens is 1. The van der Waals surface area contributed by atoms with Gasteiger partial charge in [0.1, 0.15) is 18.5 Å². The first-order valence-electron chi connectivity index (χ1n) is 11.4. The molecule has 36 heavy (non-hydrogen) atoms. The zero-order valence-electron chi connectivity index (χ0n) is 19.5. The van der Waals surface area contributed by atoms with Crippen LogP contribution >= 0.6 is 23.2 Å². The highest BCUT2D eigenvalue weighted by atomic mass is 35.5. The van der Waals surface area contributed by atoms with Crippen LogP contribution in [0.5, 0.6) is 11.5 Å². The summed E-state index contributed by atoms with van der Waals surface area (Å²) in [4.78, 5) is 15.1. The average molecular weight is 531 g/mol. The summed E-state index contributed by atoms with van der Waals surface area (Å²) in [6.45, 7) is 2.27. The van der Waals surface area contributed by atoms with E-state index in [9.17, 15) is 14.3 Å². The van der Waals surface area contributed by atoms with Gasteiger partial charge in [0.25, 0.3) is 0 Å². The quantitative estimate of drug-likeness (QED) is 0.209. The molecule has 1 atom stereocenters. The normalized spacial score (nSPS) is 12.0. The van der Waals surface area contributed by atoms with E-state index < -0.39 is 17.8 Å². The minimum Gasteiger partial charge on any atom is -0.490 e. The number of fused-ring (bicyclic) bond motifs is 1. The Morgan fingerprint density at radius 1 is 1.11 bits per heavy atom. The molecule has 0 saturated heterocycles. The highest BCUT2D eigenvalue weighted by molar-refractivity contribution is 6.32. The second-order valence-corrected chi connectivity index (χ2v) is 8.98. The minimum absolute atomic E-state index is 0.130. The lowest BCUT2D eigenvalue weighted by molar-refractivity contribution is -0.139. The molecule has 3 aromatic carbocycles. The molecule has 0 saturated carbocycles. The Hall–Kier alpha value is -3.26. The molecule has 4 rings (SSSR count). The van der Waals surface area contributed by atoms with Crippen molar-refractivity contribution < 1.29 is 23.8 Å². The summed E-state index contributed by atoms with van der Waals surface area (Å²) in [7, 11) is 0. The van der Waals surface area contributed by atoms with E-state index in [1.54, 1.807) is 18.2 Å². The third-order valence-electron chi connectivity index (χ3n) is 5.74. The second kappa shape index (κ2) is 11.6. The van der Waals surface area contributed by atoms with Crippen molar-refractivity contribution in [1.29, 1.82) is 0 Å². The number of carboxylic acid groups (broad SMARTS) is 1. The van der Waals surface area contributed by atoms with Gasteiger partial charge in [0.2, 0.25) is 0 Å². The molecule has 1 heterocycles. The van der Waals surface area contributed by atoms with Gasteiger partial charge in [-0.3, -0.25) is 4.79 Å². The first-order valence-corrected chi connectivity index (χ1v) is 12.1. The second-order valence-electron chi connectivity index (χ2n) is 8.16. The van der Waals surface area contributed by atoms with Gasteiger partial charge in [-0.1, -0.05) is 47.5 Å². The lowest BCUT2D eigenvalue weighted by Gasteiger charge is -2.18. The van der Waals surface area contributed by atoms with Crippen molar-refractivity contribution in [2.45, 2.75) is 32.5 Å². The van der Waals surface area contributed by atoms with Crippen LogP contribution in [0.25, 0.3) is 10.9 Å². The summed E-state index contributed by atoms with van der Waals surface area (Å²) in [6, 6.07) is 14.7. The van der Waals surface area contributed by atoms with Gasteiger partial charge in [0.15, 0.2) is 11.5 Å². The summed E-state index contributed by atoms with van der Waals surface area (Å²) >= 11 is 12.6. The lowest BCUT2D eigenvalue weighted by Crippen LogP contribution is -2.38. The molecule has 0 radical (unpaired) electrons. The number of nitrogens with one attached hydrogen (secondary N) is 2. The van der Waals surface area contributed by atoms with Crippen molar-refractivity contribution in [1.82, 2.24) is 10.3 Å². The molecule has 3 N–H and O–H groups in total. The van der Waals surface area contributed by atoms with Crippen LogP contribution in [-0.2, 0) is 24.4 Å². The predicted molar refractivity (Wildman–Crippen MR) is 139 cm³/mol. The smallest absolute Gasteiger partial charge is 0.321 e. The Morgan fingerprint density at radius 2 is 1.92 bits per heavy atom. The number of ether oxygens (including phenoxy) is 2. The number of carbonyl (C=O) groups is 1. The molecule has 0 aliphatic rings. The van der Waals surface area contributed by atoms with Gasteiger partial charge < -0.3 is 24.9 Å². The largest absolute Gasteiger partial charge is 0.490 e. The number of carboxylic acids is 1. The highest BCUT2D eigenvalue weighted by Gasteiger charge is 2.21. The zero-order chi connectivity index (χ0) is 25.7. The number of rotatable bonds is 11. The standard InChI is InChI=1S/C27H25Cl2FN2O4/c1-2-35-25-11-16(10-21(29)26(25)36-15-19-20(28)7-5-8-22(19)30)13-31-24(27(33)34)12-17-14-32-23-9-4-3-6-18(17)23/h3-11,14,24,31-32H,2,12-13,15H2,1H3,(H,33,34)/t24-/m0/s1. The van der Waals surface area contributed by atoms with Crippen molar-refractivity contribution in [3.63, 3.8) is 0 Å². The number of benzene rings is 3. The van der Waals surface area contributed by atoms with Crippen LogP contribution in [0.2, 0.25) is 10.0 Å². The summed E-state index contributed by atoms with van der Waals surface area (Å²) < 4.78 is 25.7. The van der Waals surface area contributed by atoms with E-state index in [0.29, 0.717) is 24.3 Å². The van der Waals surface area contributed by atoms with Crippen molar-refractivity contribution in [3.8, 4) is 11.5 Å². The van der Waals surface area contributed by atoms with Crippen LogP contribution in [0.3, 0.4) is 0 Å². The van der Waals surface area contributed by atoms with Gasteiger partial charge in [-0.25, -0.2) is 4.39 Å². The Labute approximate surface area is 217 Å². The molecule has 0 spiro atoms. The van der Waals surface area contributed by atoms with E-state index in [0.717, 1.165) is 16.5 Å². The number of aromatic nitrogens is 1. The number of aromatic amines is 1. The van der Waals surface area contributed by atoms with E-state index in [4.69, 9.17) is 32.7 Å². The Balaban J connectivity index is 1.49. The molecular weight excluding hydrogens is 506 g/mol. The maximum absolute atomic E-state index is 14.1. The summed E-state index contributed by atoms with van der Waals surface area (Å²) in [5, 5.41) is 14.4. The van der Waals surface area contributed by atoms with E-state index in [-0.39, 0.29) is 34.5 Å². The molecule has 0 fully saturated rings. The zero-order valence-corrected chi connectivity index (χ0v) is 21.0. The molecule has 9 heteroatoms. The first-order chi connectivity index (χ1) is 17.4. The van der Waals surface area contributed by atoms with E-state index in [1.807, 2.05) is 37.4 Å². The van der Waals surface area contributed by atoms with E-state index in [2.05, 4.69) is 10.3 Å². The maximum atomic E-state index is 14.1. The number of halogens is 3. The molecule has 0 amide bonds. The lowest BCUT2D eigenvalue weighted by atomic mass is 10.0. The predicted octanol–water partition coefficient (Wildman–Crippen LogP) is 6.38. The molecule has 1 aromatic heterocycles. The topological polar surface area (TPSA) is 83.6 Å². The third kappa shape index (κ3) is 5.93. The third-order valence-corrected chi connectivity index (χ3v) is 6.38. The van der Waals surface area contributed by atoms with Gasteiger partial charge in [0, 0.05) is 35.6 Å². The van der Waals surface area contributed by atoms with E-state index in [1.165, 1.54) is 12.1 Å². The number of para-hydroxylation sites is 1. The molecule has 0 bridgehead atoms. The average Bonchev–Trinajstić information content (AvgIpc) is 3.25. The van der Waals surface area contributed by atoms with Crippen LogP contribution in [0.15, 0.2) is 60.8 Å². The van der Waals surface area contributed by atoms with E-state index >= 15 is 0 Å². The monoisotopic (exact) mass is 530 g/mol. The number of hydrogen-bond acceptors (Lipinski definition) is 4. The fraction of sp³-hybridized carbons (Fsp3) is 0.222.